The van der Waals surface area contributed by atoms with Crippen molar-refractivity contribution in [3.05, 3.63) is 114 Å². The number of carbonyl (C=O) groups excluding carboxylic acids is 3. The number of thioether (sulfide) groups is 1. The van der Waals surface area contributed by atoms with Crippen molar-refractivity contribution >= 4 is 51.7 Å². The lowest BCUT2D eigenvalue weighted by atomic mass is 10.1. The lowest BCUT2D eigenvalue weighted by Crippen LogP contribution is -2.42. The van der Waals surface area contributed by atoms with Crippen molar-refractivity contribution in [2.24, 2.45) is 4.99 Å². The molecule has 2 N–H and O–H groups in total. The van der Waals surface area contributed by atoms with Gasteiger partial charge < -0.3 is 24.7 Å². The Balaban J connectivity index is 1.12. The second kappa shape index (κ2) is 14.5. The van der Waals surface area contributed by atoms with Crippen LogP contribution < -0.4 is 15.5 Å². The third-order valence-electron chi connectivity index (χ3n) is 7.75. The molecule has 2 aliphatic rings. The number of aliphatic imine (C=N–C) groups is 1. The average Bonchev–Trinajstić information content (AvgIpc) is 3.70. The minimum absolute atomic E-state index is 0.100. The maximum Gasteiger partial charge on any atom is 0.247 e. The van der Waals surface area contributed by atoms with Gasteiger partial charge >= 0.3 is 0 Å². The van der Waals surface area contributed by atoms with Crippen molar-refractivity contribution in [3.63, 3.8) is 0 Å². The highest BCUT2D eigenvalue weighted by molar-refractivity contribution is 8.15. The number of hydrogen-bond acceptors (Lipinski definition) is 8. The van der Waals surface area contributed by atoms with Gasteiger partial charge in [-0.2, -0.15) is 0 Å². The molecule has 0 aliphatic carbocycles. The van der Waals surface area contributed by atoms with Crippen LogP contribution in [0.1, 0.15) is 29.1 Å². The first-order chi connectivity index (χ1) is 22.4. The van der Waals surface area contributed by atoms with Crippen LogP contribution in [0.5, 0.6) is 0 Å². The van der Waals surface area contributed by atoms with Crippen molar-refractivity contribution in [2.45, 2.75) is 31.2 Å². The van der Waals surface area contributed by atoms with Crippen LogP contribution in [0, 0.1) is 0 Å². The molecule has 4 aromatic rings. The quantitative estimate of drug-likeness (QED) is 0.242. The predicted octanol–water partition coefficient (Wildman–Crippen LogP) is 5.31. The number of morpholine rings is 1. The standard InChI is InChI=1S/C35H35N5O5S/c1-24(36-31(41)22-25-6-3-2-4-7-25)33(42)37-27-11-9-26(10-12-27)32-34(43)40(23-30-8-5-19-45-30)35(46-32)38-28-13-15-29(16-14-28)39-17-20-44-21-18-39/h2-16,19,24,32H,17-18,20-23H2,1H3,(H,36,41)(H,37,42)/b38-35-/t24-,32?/m0/s1. The van der Waals surface area contributed by atoms with E-state index in [2.05, 4.69) is 15.5 Å². The third-order valence-corrected chi connectivity index (χ3v) is 8.98. The maximum absolute atomic E-state index is 13.7. The van der Waals surface area contributed by atoms with Crippen LogP contribution in [0.25, 0.3) is 0 Å². The summed E-state index contributed by atoms with van der Waals surface area (Å²) in [4.78, 5) is 47.7. The SMILES string of the molecule is C[C@H](NC(=O)Cc1ccccc1)C(=O)Nc1ccc(C2S/C(=N\c3ccc(N4CCOCC4)cc3)N(Cc3ccco3)C2=O)cc1. The van der Waals surface area contributed by atoms with Gasteiger partial charge in [0.15, 0.2) is 5.17 Å². The van der Waals surface area contributed by atoms with E-state index in [1.807, 2.05) is 72.8 Å². The van der Waals surface area contributed by atoms with Crippen molar-refractivity contribution in [1.82, 2.24) is 10.2 Å². The van der Waals surface area contributed by atoms with Gasteiger partial charge in [-0.05, 0) is 66.6 Å². The number of ether oxygens (including phenoxy) is 1. The van der Waals surface area contributed by atoms with Gasteiger partial charge in [0.1, 0.15) is 17.1 Å². The minimum Gasteiger partial charge on any atom is -0.467 e. The molecule has 1 unspecified atom stereocenters. The molecular formula is C35H35N5O5S. The fraction of sp³-hybridized carbons (Fsp3) is 0.257. The van der Waals surface area contributed by atoms with E-state index < -0.39 is 11.3 Å². The summed E-state index contributed by atoms with van der Waals surface area (Å²) in [6, 6.07) is 27.5. The summed E-state index contributed by atoms with van der Waals surface area (Å²) in [5.41, 5.74) is 4.09. The van der Waals surface area contributed by atoms with E-state index in [0.29, 0.717) is 29.8 Å². The largest absolute Gasteiger partial charge is 0.467 e. The van der Waals surface area contributed by atoms with E-state index in [-0.39, 0.29) is 30.7 Å². The number of rotatable bonds is 10. The van der Waals surface area contributed by atoms with Gasteiger partial charge in [-0.3, -0.25) is 19.3 Å². The Kier molecular flexibility index (Phi) is 9.80. The molecule has 3 aromatic carbocycles. The first kappa shape index (κ1) is 31.1. The number of amides is 3. The number of amidine groups is 1. The molecule has 11 heteroatoms. The predicted molar refractivity (Wildman–Crippen MR) is 179 cm³/mol. The fourth-order valence-corrected chi connectivity index (χ4v) is 6.43. The topological polar surface area (TPSA) is 116 Å². The zero-order chi connectivity index (χ0) is 31.9. The van der Waals surface area contributed by atoms with E-state index in [1.165, 1.54) is 11.8 Å². The van der Waals surface area contributed by atoms with Crippen LogP contribution in [0.4, 0.5) is 17.1 Å². The molecule has 46 heavy (non-hydrogen) atoms. The zero-order valence-electron chi connectivity index (χ0n) is 25.4. The van der Waals surface area contributed by atoms with Gasteiger partial charge in [0, 0.05) is 24.5 Å². The summed E-state index contributed by atoms with van der Waals surface area (Å²) in [5, 5.41) is 5.66. The Labute approximate surface area is 271 Å². The van der Waals surface area contributed by atoms with Crippen LogP contribution in [0.15, 0.2) is 107 Å². The Morgan fingerprint density at radius 3 is 2.39 bits per heavy atom. The molecular weight excluding hydrogens is 602 g/mol. The summed E-state index contributed by atoms with van der Waals surface area (Å²) in [7, 11) is 0. The second-order valence-electron chi connectivity index (χ2n) is 11.1. The molecule has 0 spiro atoms. The van der Waals surface area contributed by atoms with Crippen LogP contribution >= 0.6 is 11.8 Å². The molecule has 2 saturated heterocycles. The minimum atomic E-state index is -0.722. The Morgan fingerprint density at radius 1 is 0.957 bits per heavy atom. The van der Waals surface area contributed by atoms with Crippen molar-refractivity contribution in [3.8, 4) is 0 Å². The van der Waals surface area contributed by atoms with Gasteiger partial charge in [-0.1, -0.05) is 54.2 Å². The number of nitrogens with zero attached hydrogens (tertiary/aromatic N) is 3. The highest BCUT2D eigenvalue weighted by Gasteiger charge is 2.39. The van der Waals surface area contributed by atoms with Gasteiger partial charge in [0.05, 0.1) is 38.1 Å². The summed E-state index contributed by atoms with van der Waals surface area (Å²) in [6.07, 6.45) is 1.78. The van der Waals surface area contributed by atoms with E-state index >= 15 is 0 Å². The number of carbonyl (C=O) groups is 3. The number of nitrogens with one attached hydrogen (secondary N) is 2. The van der Waals surface area contributed by atoms with E-state index in [9.17, 15) is 14.4 Å². The van der Waals surface area contributed by atoms with Gasteiger partial charge in [-0.15, -0.1) is 0 Å². The van der Waals surface area contributed by atoms with E-state index in [0.717, 1.165) is 35.6 Å². The summed E-state index contributed by atoms with van der Waals surface area (Å²) in [5.74, 6) is -0.00521. The van der Waals surface area contributed by atoms with Gasteiger partial charge in [-0.25, -0.2) is 4.99 Å². The Hall–Kier alpha value is -4.87. The van der Waals surface area contributed by atoms with Crippen molar-refractivity contribution in [2.75, 3.05) is 36.5 Å². The Bertz CT molecular complexity index is 1670. The molecule has 3 amide bonds. The van der Waals surface area contributed by atoms with Gasteiger partial charge in [0.2, 0.25) is 17.7 Å². The summed E-state index contributed by atoms with van der Waals surface area (Å²) >= 11 is 1.38. The zero-order valence-corrected chi connectivity index (χ0v) is 26.2. The Morgan fingerprint density at radius 2 is 1.70 bits per heavy atom. The summed E-state index contributed by atoms with van der Waals surface area (Å²) in [6.45, 7) is 5.04. The molecule has 236 valence electrons. The third kappa shape index (κ3) is 7.67. The average molecular weight is 638 g/mol. The fourth-order valence-electron chi connectivity index (χ4n) is 5.26. The van der Waals surface area contributed by atoms with Crippen LogP contribution in [-0.2, 0) is 32.1 Å². The summed E-state index contributed by atoms with van der Waals surface area (Å²) < 4.78 is 11.0. The molecule has 3 heterocycles. The monoisotopic (exact) mass is 637 g/mol. The molecule has 2 atom stereocenters. The molecule has 1 aromatic heterocycles. The highest BCUT2D eigenvalue weighted by atomic mass is 32.2. The number of hydrogen-bond donors (Lipinski definition) is 2. The molecule has 10 nitrogen and oxygen atoms in total. The lowest BCUT2D eigenvalue weighted by molar-refractivity contribution is -0.126. The van der Waals surface area contributed by atoms with Crippen LogP contribution in [0.3, 0.4) is 0 Å². The number of furan rings is 1. The number of anilines is 2. The van der Waals surface area contributed by atoms with Crippen LogP contribution in [-0.4, -0.2) is 60.1 Å². The van der Waals surface area contributed by atoms with Gasteiger partial charge in [0.25, 0.3) is 0 Å². The van der Waals surface area contributed by atoms with Crippen molar-refractivity contribution in [1.29, 1.82) is 0 Å². The molecule has 2 aliphatic heterocycles. The van der Waals surface area contributed by atoms with E-state index in [4.69, 9.17) is 14.1 Å². The first-order valence-electron chi connectivity index (χ1n) is 15.2. The normalized spacial score (nSPS) is 18.1. The molecule has 6 rings (SSSR count). The van der Waals surface area contributed by atoms with Crippen molar-refractivity contribution < 1.29 is 23.5 Å². The number of benzene rings is 3. The second-order valence-corrected chi connectivity index (χ2v) is 12.1. The maximum atomic E-state index is 13.7. The van der Waals surface area contributed by atoms with Crippen LogP contribution in [0.2, 0.25) is 0 Å². The molecule has 0 saturated carbocycles. The first-order valence-corrected chi connectivity index (χ1v) is 16.1. The molecule has 0 bridgehead atoms. The highest BCUT2D eigenvalue weighted by Crippen LogP contribution is 2.41. The smallest absolute Gasteiger partial charge is 0.247 e. The molecule has 2 fully saturated rings. The van der Waals surface area contributed by atoms with E-state index in [1.54, 1.807) is 36.3 Å². The molecule has 0 radical (unpaired) electrons. The lowest BCUT2D eigenvalue weighted by Gasteiger charge is -2.28.